The highest BCUT2D eigenvalue weighted by Gasteiger charge is 2.31. The van der Waals surface area contributed by atoms with Gasteiger partial charge in [-0.05, 0) is 73.6 Å². The Morgan fingerprint density at radius 2 is 1.97 bits per heavy atom. The number of anilines is 2. The first kappa shape index (κ1) is 25.5. The van der Waals surface area contributed by atoms with Gasteiger partial charge in [0, 0.05) is 23.9 Å². The van der Waals surface area contributed by atoms with Crippen molar-refractivity contribution in [1.82, 2.24) is 14.9 Å². The molecule has 0 spiro atoms. The van der Waals surface area contributed by atoms with Gasteiger partial charge in [0.15, 0.2) is 5.82 Å². The molecule has 0 unspecified atom stereocenters. The minimum atomic E-state index is -0.664. The van der Waals surface area contributed by atoms with E-state index in [0.717, 1.165) is 24.8 Å². The van der Waals surface area contributed by atoms with Crippen LogP contribution in [-0.2, 0) is 9.63 Å². The molecule has 2 aliphatic rings. The second-order valence-corrected chi connectivity index (χ2v) is 9.47. The van der Waals surface area contributed by atoms with Crippen molar-refractivity contribution in [2.24, 2.45) is 0 Å². The van der Waals surface area contributed by atoms with Crippen molar-refractivity contribution in [3.63, 3.8) is 0 Å². The highest BCUT2D eigenvalue weighted by Crippen LogP contribution is 2.40. The van der Waals surface area contributed by atoms with Crippen LogP contribution < -0.4 is 10.8 Å². The van der Waals surface area contributed by atoms with E-state index in [2.05, 4.69) is 27.3 Å². The van der Waals surface area contributed by atoms with Crippen molar-refractivity contribution < 1.29 is 23.2 Å². The van der Waals surface area contributed by atoms with Gasteiger partial charge in [-0.25, -0.2) is 24.2 Å². The lowest BCUT2D eigenvalue weighted by atomic mass is 10.0. The van der Waals surface area contributed by atoms with E-state index in [1.165, 1.54) is 36.7 Å². The summed E-state index contributed by atoms with van der Waals surface area (Å²) in [6.45, 7) is 6.13. The summed E-state index contributed by atoms with van der Waals surface area (Å²) in [7, 11) is 0. The van der Waals surface area contributed by atoms with E-state index < -0.39 is 17.5 Å². The maximum absolute atomic E-state index is 14.6. The highest BCUT2D eigenvalue weighted by atomic mass is 19.1. The molecule has 2 heterocycles. The average Bonchev–Trinajstić information content (AvgIpc) is 3.73. The lowest BCUT2D eigenvalue weighted by Gasteiger charge is -2.39. The Morgan fingerprint density at radius 1 is 1.16 bits per heavy atom. The first-order valence-corrected chi connectivity index (χ1v) is 12.4. The molecule has 1 saturated heterocycles. The number of nitrogens with one attached hydrogen (secondary N) is 2. The third kappa shape index (κ3) is 5.40. The highest BCUT2D eigenvalue weighted by molar-refractivity contribution is 6.05. The lowest BCUT2D eigenvalue weighted by molar-refractivity contribution is -0.135. The average molecular weight is 520 g/mol. The monoisotopic (exact) mass is 519 g/mol. The van der Waals surface area contributed by atoms with Crippen molar-refractivity contribution >= 4 is 23.3 Å². The van der Waals surface area contributed by atoms with E-state index >= 15 is 0 Å². The molecule has 5 rings (SSSR count). The fraction of sp³-hybridized carbons (Fsp3) is 0.286. The summed E-state index contributed by atoms with van der Waals surface area (Å²) in [5, 5.41) is 2.63. The van der Waals surface area contributed by atoms with E-state index in [9.17, 15) is 18.4 Å². The van der Waals surface area contributed by atoms with E-state index in [-0.39, 0.29) is 29.8 Å². The summed E-state index contributed by atoms with van der Waals surface area (Å²) in [5.41, 5.74) is 5.09. The number of halogens is 2. The molecular weight excluding hydrogens is 492 g/mol. The summed E-state index contributed by atoms with van der Waals surface area (Å²) in [4.78, 5) is 40.1. The topological polar surface area (TPSA) is 96.5 Å². The molecule has 0 bridgehead atoms. The van der Waals surface area contributed by atoms with E-state index in [1.54, 1.807) is 24.0 Å². The van der Waals surface area contributed by atoms with E-state index in [1.807, 2.05) is 0 Å². The van der Waals surface area contributed by atoms with Gasteiger partial charge >= 0.3 is 0 Å². The molecule has 2 N–H and O–H groups in total. The van der Waals surface area contributed by atoms with Gasteiger partial charge in [0.25, 0.3) is 5.91 Å². The molecule has 2 fully saturated rings. The molecule has 0 radical (unpaired) electrons. The number of nitrogens with zero attached hydrogens (tertiary/aromatic N) is 3. The molecule has 1 aliphatic carbocycles. The summed E-state index contributed by atoms with van der Waals surface area (Å²) < 4.78 is 29.2. The quantitative estimate of drug-likeness (QED) is 0.306. The molecule has 2 aromatic carbocycles. The van der Waals surface area contributed by atoms with Crippen molar-refractivity contribution in [3.05, 3.63) is 83.7 Å². The number of likely N-dealkylation sites (tertiary alicyclic amines) is 1. The van der Waals surface area contributed by atoms with Crippen molar-refractivity contribution in [1.29, 1.82) is 0 Å². The standard InChI is InChI=1S/C28H27F2N5O3/c1-3-27(36)35-9-8-20(35)14-38-34-26-13-25(31-15-32-26)22-11-19(29)12-24(16(22)2)33-28(37)21-7-6-18(10-23(21)30)17-4-5-17/h3,6-7,10-13,15,17,20H,1,4-5,8-9,14H2,2H3,(H,33,37)(H,31,32,34)/t20-/m1/s1. The maximum Gasteiger partial charge on any atom is 0.258 e. The lowest BCUT2D eigenvalue weighted by Crippen LogP contribution is -2.53. The Bertz CT molecular complexity index is 1410. The number of aromatic nitrogens is 2. The SMILES string of the molecule is C=CC(=O)N1CC[C@@H]1CONc1cc(-c2cc(F)cc(NC(=O)c3ccc(C4CC4)cc3F)c2C)ncn1. The number of hydrogen-bond donors (Lipinski definition) is 2. The smallest absolute Gasteiger partial charge is 0.258 e. The molecule has 3 aromatic rings. The fourth-order valence-corrected chi connectivity index (χ4v) is 4.44. The Hall–Kier alpha value is -4.18. The summed E-state index contributed by atoms with van der Waals surface area (Å²) in [6.07, 6.45) is 5.45. The van der Waals surface area contributed by atoms with Crippen LogP contribution in [0.1, 0.15) is 46.7 Å². The Morgan fingerprint density at radius 3 is 2.66 bits per heavy atom. The molecule has 2 amide bonds. The summed E-state index contributed by atoms with van der Waals surface area (Å²) in [6, 6.07) is 8.64. The zero-order valence-corrected chi connectivity index (χ0v) is 20.8. The minimum Gasteiger partial charge on any atom is -0.334 e. The van der Waals surface area contributed by atoms with E-state index in [4.69, 9.17) is 4.84 Å². The molecule has 38 heavy (non-hydrogen) atoms. The first-order chi connectivity index (χ1) is 18.3. The third-order valence-corrected chi connectivity index (χ3v) is 6.90. The van der Waals surface area contributed by atoms with Crippen LogP contribution in [-0.4, -0.2) is 45.9 Å². The number of amides is 2. The number of hydrogen-bond acceptors (Lipinski definition) is 6. The zero-order valence-electron chi connectivity index (χ0n) is 20.8. The van der Waals surface area contributed by atoms with Gasteiger partial charge in [-0.3, -0.25) is 14.4 Å². The number of benzene rings is 2. The Labute approximate surface area is 218 Å². The van der Waals surface area contributed by atoms with Gasteiger partial charge in [0.1, 0.15) is 18.0 Å². The second-order valence-electron chi connectivity index (χ2n) is 9.47. The largest absolute Gasteiger partial charge is 0.334 e. The van der Waals surface area contributed by atoms with E-state index in [0.29, 0.717) is 35.1 Å². The molecule has 1 aromatic heterocycles. The van der Waals surface area contributed by atoms with Crippen LogP contribution in [0.5, 0.6) is 0 Å². The predicted octanol–water partition coefficient (Wildman–Crippen LogP) is 4.99. The van der Waals surface area contributed by atoms with Crippen molar-refractivity contribution in [2.75, 3.05) is 23.9 Å². The third-order valence-electron chi connectivity index (χ3n) is 6.90. The van der Waals surface area contributed by atoms with Crippen LogP contribution in [0.15, 0.2) is 55.4 Å². The van der Waals surface area contributed by atoms with Crippen molar-refractivity contribution in [3.8, 4) is 11.3 Å². The van der Waals surface area contributed by atoms with Crippen molar-refractivity contribution in [2.45, 2.75) is 38.1 Å². The zero-order chi connectivity index (χ0) is 26.8. The van der Waals surface area contributed by atoms with Gasteiger partial charge in [-0.1, -0.05) is 12.6 Å². The van der Waals surface area contributed by atoms with Crippen LogP contribution in [0.25, 0.3) is 11.3 Å². The number of carbonyl (C=O) groups excluding carboxylic acids is 2. The predicted molar refractivity (Wildman–Crippen MR) is 138 cm³/mol. The molecule has 1 saturated carbocycles. The van der Waals surface area contributed by atoms with Crippen LogP contribution in [0.3, 0.4) is 0 Å². The minimum absolute atomic E-state index is 0.0549. The van der Waals surface area contributed by atoms with Gasteiger partial charge in [0.2, 0.25) is 5.91 Å². The molecular formula is C28H27F2N5O3. The normalized spacial score (nSPS) is 16.5. The number of carbonyl (C=O) groups is 2. The molecule has 10 heteroatoms. The first-order valence-electron chi connectivity index (χ1n) is 12.4. The van der Waals surface area contributed by atoms with Gasteiger partial charge in [-0.2, -0.15) is 0 Å². The van der Waals surface area contributed by atoms with Gasteiger partial charge < -0.3 is 10.2 Å². The van der Waals surface area contributed by atoms with Gasteiger partial charge in [0.05, 0.1) is 23.9 Å². The van der Waals surface area contributed by atoms with Crippen LogP contribution in [0.2, 0.25) is 0 Å². The Kier molecular flexibility index (Phi) is 7.15. The summed E-state index contributed by atoms with van der Waals surface area (Å²) in [5.74, 6) is -1.30. The molecule has 1 atom stereocenters. The maximum atomic E-state index is 14.6. The van der Waals surface area contributed by atoms with Crippen LogP contribution in [0.4, 0.5) is 20.3 Å². The fourth-order valence-electron chi connectivity index (χ4n) is 4.44. The molecule has 8 nitrogen and oxygen atoms in total. The second kappa shape index (κ2) is 10.7. The summed E-state index contributed by atoms with van der Waals surface area (Å²) >= 11 is 0. The van der Waals surface area contributed by atoms with Gasteiger partial charge in [-0.15, -0.1) is 0 Å². The molecule has 196 valence electrons. The Balaban J connectivity index is 1.29. The van der Waals surface area contributed by atoms with Crippen LogP contribution >= 0.6 is 0 Å². The van der Waals surface area contributed by atoms with Crippen LogP contribution in [0, 0.1) is 18.6 Å². The molecule has 1 aliphatic heterocycles. The number of rotatable bonds is 9.